The number of H-pyrrole nitrogens is 1. The van der Waals surface area contributed by atoms with E-state index in [1.54, 1.807) is 18.2 Å². The van der Waals surface area contributed by atoms with Crippen LogP contribution in [0.4, 0.5) is 5.69 Å². The normalized spacial score (nSPS) is 10.1. The van der Waals surface area contributed by atoms with Crippen molar-refractivity contribution in [3.8, 4) is 11.5 Å². The number of ketones is 1. The number of benzene rings is 1. The van der Waals surface area contributed by atoms with Crippen molar-refractivity contribution in [2.45, 2.75) is 13.8 Å². The van der Waals surface area contributed by atoms with Crippen LogP contribution in [0.25, 0.3) is 0 Å². The first-order valence-corrected chi connectivity index (χ1v) is 6.86. The van der Waals surface area contributed by atoms with Crippen molar-refractivity contribution in [1.82, 2.24) is 4.98 Å². The molecule has 1 aromatic heterocycles. The molecule has 2 N–H and O–H groups in total. The molecule has 116 valence electrons. The van der Waals surface area contributed by atoms with E-state index in [0.717, 1.165) is 0 Å². The Bertz CT molecular complexity index is 691. The highest BCUT2D eigenvalue weighted by molar-refractivity contribution is 6.05. The second kappa shape index (κ2) is 6.80. The average Bonchev–Trinajstić information content (AvgIpc) is 2.99. The summed E-state index contributed by atoms with van der Waals surface area (Å²) >= 11 is 0. The smallest absolute Gasteiger partial charge is 0.272 e. The maximum absolute atomic E-state index is 12.1. The molecule has 0 aliphatic heterocycles. The van der Waals surface area contributed by atoms with Gasteiger partial charge in [0.05, 0.1) is 13.7 Å². The molecule has 0 unspecified atom stereocenters. The molecule has 0 saturated carbocycles. The third-order valence-electron chi connectivity index (χ3n) is 3.06. The van der Waals surface area contributed by atoms with Crippen LogP contribution in [0.5, 0.6) is 11.5 Å². The second-order valence-corrected chi connectivity index (χ2v) is 4.61. The number of rotatable bonds is 6. The number of nitrogens with one attached hydrogen (secondary N) is 2. The zero-order valence-corrected chi connectivity index (χ0v) is 12.7. The Morgan fingerprint density at radius 1 is 1.23 bits per heavy atom. The molecule has 0 bridgehead atoms. The third kappa shape index (κ3) is 3.46. The van der Waals surface area contributed by atoms with Crippen LogP contribution in [-0.4, -0.2) is 30.4 Å². The van der Waals surface area contributed by atoms with E-state index in [1.807, 2.05) is 6.92 Å². The summed E-state index contributed by atoms with van der Waals surface area (Å²) in [6.45, 7) is 3.85. The fourth-order valence-electron chi connectivity index (χ4n) is 1.95. The van der Waals surface area contributed by atoms with Crippen molar-refractivity contribution in [2.75, 3.05) is 19.0 Å². The summed E-state index contributed by atoms with van der Waals surface area (Å²) in [5, 5.41) is 2.74. The summed E-state index contributed by atoms with van der Waals surface area (Å²) in [4.78, 5) is 26.2. The van der Waals surface area contributed by atoms with Gasteiger partial charge >= 0.3 is 0 Å². The minimum absolute atomic E-state index is 0.0990. The Labute approximate surface area is 128 Å². The van der Waals surface area contributed by atoms with Crippen molar-refractivity contribution >= 4 is 17.4 Å². The molecule has 6 nitrogen and oxygen atoms in total. The highest BCUT2D eigenvalue weighted by Gasteiger charge is 2.12. The molecule has 1 heterocycles. The second-order valence-electron chi connectivity index (χ2n) is 4.61. The number of anilines is 1. The van der Waals surface area contributed by atoms with E-state index in [1.165, 1.54) is 26.3 Å². The SMILES string of the molecule is CCOc1ccc(NC(=O)c2cc(C(C)=O)c[nH]2)cc1OC. The molecule has 0 spiro atoms. The number of methoxy groups -OCH3 is 1. The summed E-state index contributed by atoms with van der Waals surface area (Å²) in [5.74, 6) is 0.717. The van der Waals surface area contributed by atoms with Gasteiger partial charge in [-0.25, -0.2) is 0 Å². The number of Topliss-reactive ketones (excluding diaryl/α,β-unsaturated/α-hetero) is 1. The Kier molecular flexibility index (Phi) is 4.83. The Hall–Kier alpha value is -2.76. The molecule has 0 radical (unpaired) electrons. The van der Waals surface area contributed by atoms with Crippen molar-refractivity contribution in [3.63, 3.8) is 0 Å². The first kappa shape index (κ1) is 15.6. The standard InChI is InChI=1S/C16H18N2O4/c1-4-22-14-6-5-12(8-15(14)21-3)18-16(20)13-7-11(9-17-13)10(2)19/h5-9,17H,4H2,1-3H3,(H,18,20). The lowest BCUT2D eigenvalue weighted by molar-refractivity contribution is 0.101. The van der Waals surface area contributed by atoms with Crippen LogP contribution >= 0.6 is 0 Å². The maximum atomic E-state index is 12.1. The monoisotopic (exact) mass is 302 g/mol. The van der Waals surface area contributed by atoms with Gasteiger partial charge in [-0.05, 0) is 32.0 Å². The van der Waals surface area contributed by atoms with E-state index in [2.05, 4.69) is 10.3 Å². The summed E-state index contributed by atoms with van der Waals surface area (Å²) in [6, 6.07) is 6.65. The van der Waals surface area contributed by atoms with Crippen molar-refractivity contribution in [2.24, 2.45) is 0 Å². The molecule has 22 heavy (non-hydrogen) atoms. The zero-order valence-electron chi connectivity index (χ0n) is 12.7. The highest BCUT2D eigenvalue weighted by Crippen LogP contribution is 2.30. The minimum Gasteiger partial charge on any atom is -0.493 e. The third-order valence-corrected chi connectivity index (χ3v) is 3.06. The Balaban J connectivity index is 2.15. The fraction of sp³-hybridized carbons (Fsp3) is 0.250. The van der Waals surface area contributed by atoms with Crippen LogP contribution in [0.15, 0.2) is 30.5 Å². The highest BCUT2D eigenvalue weighted by atomic mass is 16.5. The maximum Gasteiger partial charge on any atom is 0.272 e. The van der Waals surface area contributed by atoms with E-state index in [0.29, 0.717) is 35.1 Å². The molecule has 0 aliphatic rings. The number of aromatic amines is 1. The summed E-state index contributed by atoms with van der Waals surface area (Å²) in [6.07, 6.45) is 1.51. The van der Waals surface area contributed by atoms with Gasteiger partial charge in [-0.1, -0.05) is 0 Å². The van der Waals surface area contributed by atoms with Crippen LogP contribution in [0.1, 0.15) is 34.7 Å². The van der Waals surface area contributed by atoms with Gasteiger partial charge in [-0.15, -0.1) is 0 Å². The van der Waals surface area contributed by atoms with E-state index in [-0.39, 0.29) is 11.7 Å². The Morgan fingerprint density at radius 3 is 2.59 bits per heavy atom. The van der Waals surface area contributed by atoms with Crippen molar-refractivity contribution in [1.29, 1.82) is 0 Å². The van der Waals surface area contributed by atoms with Gasteiger partial charge in [0.25, 0.3) is 5.91 Å². The molecule has 2 rings (SSSR count). The van der Waals surface area contributed by atoms with Crippen molar-refractivity contribution < 1.29 is 19.1 Å². The van der Waals surface area contributed by atoms with E-state index >= 15 is 0 Å². The van der Waals surface area contributed by atoms with Gasteiger partial charge in [-0.2, -0.15) is 0 Å². The van der Waals surface area contributed by atoms with Crippen LogP contribution in [-0.2, 0) is 0 Å². The molecule has 0 atom stereocenters. The number of carbonyl (C=O) groups excluding carboxylic acids is 2. The van der Waals surface area contributed by atoms with Gasteiger partial charge in [0.15, 0.2) is 17.3 Å². The van der Waals surface area contributed by atoms with Gasteiger partial charge < -0.3 is 19.8 Å². The number of carbonyl (C=O) groups is 2. The average molecular weight is 302 g/mol. The van der Waals surface area contributed by atoms with Crippen LogP contribution in [0.2, 0.25) is 0 Å². The molecule has 1 amide bonds. The zero-order chi connectivity index (χ0) is 16.1. The van der Waals surface area contributed by atoms with Gasteiger partial charge in [0, 0.05) is 23.5 Å². The van der Waals surface area contributed by atoms with Crippen LogP contribution < -0.4 is 14.8 Å². The number of ether oxygens (including phenoxy) is 2. The quantitative estimate of drug-likeness (QED) is 0.804. The lowest BCUT2D eigenvalue weighted by atomic mass is 10.2. The van der Waals surface area contributed by atoms with Gasteiger partial charge in [-0.3, -0.25) is 9.59 Å². The lowest BCUT2D eigenvalue weighted by Crippen LogP contribution is -2.12. The number of aromatic nitrogens is 1. The summed E-state index contributed by atoms with van der Waals surface area (Å²) in [7, 11) is 1.54. The topological polar surface area (TPSA) is 80.4 Å². The predicted molar refractivity (Wildman–Crippen MR) is 82.9 cm³/mol. The van der Waals surface area contributed by atoms with Gasteiger partial charge in [0.2, 0.25) is 0 Å². The molecule has 6 heteroatoms. The van der Waals surface area contributed by atoms with Crippen LogP contribution in [0.3, 0.4) is 0 Å². The van der Waals surface area contributed by atoms with E-state index in [4.69, 9.17) is 9.47 Å². The van der Waals surface area contributed by atoms with Gasteiger partial charge in [0.1, 0.15) is 5.69 Å². The molecule has 2 aromatic rings. The fourth-order valence-corrected chi connectivity index (χ4v) is 1.95. The number of hydrogen-bond acceptors (Lipinski definition) is 4. The van der Waals surface area contributed by atoms with Crippen molar-refractivity contribution in [3.05, 3.63) is 41.7 Å². The summed E-state index contributed by atoms with van der Waals surface area (Å²) in [5.41, 5.74) is 1.36. The Morgan fingerprint density at radius 2 is 2.00 bits per heavy atom. The molecule has 1 aromatic carbocycles. The largest absolute Gasteiger partial charge is 0.493 e. The number of hydrogen-bond donors (Lipinski definition) is 2. The lowest BCUT2D eigenvalue weighted by Gasteiger charge is -2.11. The molecule has 0 saturated heterocycles. The predicted octanol–water partition coefficient (Wildman–Crippen LogP) is 2.88. The number of amides is 1. The molecule has 0 aliphatic carbocycles. The first-order valence-electron chi connectivity index (χ1n) is 6.86. The first-order chi connectivity index (χ1) is 10.5. The molecular formula is C16H18N2O4. The molecule has 0 fully saturated rings. The van der Waals surface area contributed by atoms with E-state index in [9.17, 15) is 9.59 Å². The van der Waals surface area contributed by atoms with Crippen LogP contribution in [0, 0.1) is 0 Å². The minimum atomic E-state index is -0.335. The summed E-state index contributed by atoms with van der Waals surface area (Å²) < 4.78 is 10.7. The van der Waals surface area contributed by atoms with E-state index < -0.39 is 0 Å². The molecular weight excluding hydrogens is 284 g/mol.